The second-order valence-corrected chi connectivity index (χ2v) is 6.41. The first-order chi connectivity index (χ1) is 9.58. The van der Waals surface area contributed by atoms with Crippen LogP contribution in [0.1, 0.15) is 39.0 Å². The Hall–Kier alpha value is -0.650. The van der Waals surface area contributed by atoms with Crippen molar-refractivity contribution in [3.05, 3.63) is 0 Å². The van der Waals surface area contributed by atoms with Crippen molar-refractivity contribution in [2.75, 3.05) is 39.8 Å². The Balaban J connectivity index is 1.91. The summed E-state index contributed by atoms with van der Waals surface area (Å²) in [5.74, 6) is 0.266. The van der Waals surface area contributed by atoms with E-state index in [0.29, 0.717) is 13.0 Å². The maximum Gasteiger partial charge on any atom is 0.224 e. The third-order valence-electron chi connectivity index (χ3n) is 4.84. The second kappa shape index (κ2) is 6.87. The highest BCUT2D eigenvalue weighted by molar-refractivity contribution is 5.77. The van der Waals surface area contributed by atoms with Crippen molar-refractivity contribution in [2.24, 2.45) is 5.73 Å². The summed E-state index contributed by atoms with van der Waals surface area (Å²) in [4.78, 5) is 16.6. The van der Waals surface area contributed by atoms with Gasteiger partial charge < -0.3 is 15.4 Å². The molecular formula is C15H29N3O2. The predicted molar refractivity (Wildman–Crippen MR) is 79.5 cm³/mol. The van der Waals surface area contributed by atoms with Gasteiger partial charge in [0.15, 0.2) is 0 Å². The van der Waals surface area contributed by atoms with E-state index in [1.54, 1.807) is 7.11 Å². The second-order valence-electron chi connectivity index (χ2n) is 6.41. The SMILES string of the molecule is COC1(C)CCCN(C(CN)CC(=O)N2CCCC2)C1. The molecule has 5 nitrogen and oxygen atoms in total. The van der Waals surface area contributed by atoms with Gasteiger partial charge in [-0.3, -0.25) is 9.69 Å². The summed E-state index contributed by atoms with van der Waals surface area (Å²) in [6.45, 7) is 6.43. The summed E-state index contributed by atoms with van der Waals surface area (Å²) < 4.78 is 5.63. The number of carbonyl (C=O) groups is 1. The zero-order valence-electron chi connectivity index (χ0n) is 12.9. The van der Waals surface area contributed by atoms with Gasteiger partial charge in [-0.15, -0.1) is 0 Å². The molecule has 116 valence electrons. The molecule has 2 N–H and O–H groups in total. The van der Waals surface area contributed by atoms with Gasteiger partial charge in [0.25, 0.3) is 0 Å². The Kier molecular flexibility index (Phi) is 5.41. The van der Waals surface area contributed by atoms with Gasteiger partial charge in [0, 0.05) is 45.8 Å². The van der Waals surface area contributed by atoms with Crippen LogP contribution in [0.3, 0.4) is 0 Å². The Morgan fingerprint density at radius 3 is 2.60 bits per heavy atom. The minimum atomic E-state index is -0.0949. The lowest BCUT2D eigenvalue weighted by molar-refractivity contribution is -0.132. The highest BCUT2D eigenvalue weighted by Crippen LogP contribution is 2.26. The number of amides is 1. The standard InChI is InChI=1S/C15H29N3O2/c1-15(20-2)6-5-9-18(12-15)13(11-16)10-14(19)17-7-3-4-8-17/h13H,3-12,16H2,1-2H3. The molecular weight excluding hydrogens is 254 g/mol. The quantitative estimate of drug-likeness (QED) is 0.812. The first kappa shape index (κ1) is 15.7. The van der Waals surface area contributed by atoms with E-state index in [1.807, 2.05) is 4.90 Å². The lowest BCUT2D eigenvalue weighted by Gasteiger charge is -2.43. The van der Waals surface area contributed by atoms with E-state index in [1.165, 1.54) is 0 Å². The molecule has 2 aliphatic rings. The van der Waals surface area contributed by atoms with Crippen LogP contribution in [0.15, 0.2) is 0 Å². The summed E-state index contributed by atoms with van der Waals surface area (Å²) in [7, 11) is 1.77. The van der Waals surface area contributed by atoms with Crippen LogP contribution in [0, 0.1) is 0 Å². The van der Waals surface area contributed by atoms with Gasteiger partial charge in [-0.2, -0.15) is 0 Å². The van der Waals surface area contributed by atoms with Crippen LogP contribution < -0.4 is 5.73 Å². The van der Waals surface area contributed by atoms with Crippen molar-refractivity contribution in [1.29, 1.82) is 0 Å². The molecule has 1 amide bonds. The number of likely N-dealkylation sites (tertiary alicyclic amines) is 2. The van der Waals surface area contributed by atoms with Gasteiger partial charge in [-0.1, -0.05) is 0 Å². The lowest BCUT2D eigenvalue weighted by atomic mass is 9.93. The summed E-state index contributed by atoms with van der Waals surface area (Å²) in [5, 5.41) is 0. The smallest absolute Gasteiger partial charge is 0.224 e. The van der Waals surface area contributed by atoms with Crippen LogP contribution in [0.25, 0.3) is 0 Å². The number of hydrogen-bond acceptors (Lipinski definition) is 4. The average molecular weight is 283 g/mol. The minimum absolute atomic E-state index is 0.0949. The molecule has 0 spiro atoms. The van der Waals surface area contributed by atoms with Crippen LogP contribution in [0.4, 0.5) is 0 Å². The number of rotatable bonds is 5. The molecule has 2 fully saturated rings. The lowest BCUT2D eigenvalue weighted by Crippen LogP contribution is -2.54. The largest absolute Gasteiger partial charge is 0.377 e. The molecule has 0 aromatic heterocycles. The number of nitrogens with zero attached hydrogens (tertiary/aromatic N) is 2. The minimum Gasteiger partial charge on any atom is -0.377 e. The highest BCUT2D eigenvalue weighted by atomic mass is 16.5. The third kappa shape index (κ3) is 3.71. The zero-order valence-corrected chi connectivity index (χ0v) is 12.9. The van der Waals surface area contributed by atoms with E-state index in [4.69, 9.17) is 10.5 Å². The van der Waals surface area contributed by atoms with Gasteiger partial charge in [-0.05, 0) is 39.2 Å². The summed E-state index contributed by atoms with van der Waals surface area (Å²) >= 11 is 0. The van der Waals surface area contributed by atoms with E-state index in [-0.39, 0.29) is 17.6 Å². The number of methoxy groups -OCH3 is 1. The van der Waals surface area contributed by atoms with Crippen LogP contribution in [0.2, 0.25) is 0 Å². The Bertz CT molecular complexity index is 331. The molecule has 20 heavy (non-hydrogen) atoms. The van der Waals surface area contributed by atoms with Crippen LogP contribution >= 0.6 is 0 Å². The van der Waals surface area contributed by atoms with Crippen molar-refractivity contribution in [2.45, 2.75) is 50.7 Å². The number of ether oxygens (including phenoxy) is 1. The summed E-state index contributed by atoms with van der Waals surface area (Å²) in [5.41, 5.74) is 5.83. The number of carbonyl (C=O) groups excluding carboxylic acids is 1. The monoisotopic (exact) mass is 283 g/mol. The fourth-order valence-corrected chi connectivity index (χ4v) is 3.38. The number of piperidine rings is 1. The maximum atomic E-state index is 12.3. The van der Waals surface area contributed by atoms with Gasteiger partial charge in [0.1, 0.15) is 0 Å². The number of hydrogen-bond donors (Lipinski definition) is 1. The average Bonchev–Trinajstić information content (AvgIpc) is 2.99. The van der Waals surface area contributed by atoms with Gasteiger partial charge in [0.05, 0.1) is 5.60 Å². The molecule has 0 radical (unpaired) electrons. The first-order valence-corrected chi connectivity index (χ1v) is 7.85. The van der Waals surface area contributed by atoms with E-state index >= 15 is 0 Å². The topological polar surface area (TPSA) is 58.8 Å². The summed E-state index contributed by atoms with van der Waals surface area (Å²) in [6.07, 6.45) is 5.03. The van der Waals surface area contributed by atoms with E-state index < -0.39 is 0 Å². The Labute approximate surface area is 122 Å². The van der Waals surface area contributed by atoms with Crippen LogP contribution in [0.5, 0.6) is 0 Å². The summed E-state index contributed by atoms with van der Waals surface area (Å²) in [6, 6.07) is 0.151. The molecule has 5 heteroatoms. The molecule has 0 aliphatic carbocycles. The maximum absolute atomic E-state index is 12.3. The van der Waals surface area contributed by atoms with Gasteiger partial charge >= 0.3 is 0 Å². The Morgan fingerprint density at radius 2 is 2.00 bits per heavy atom. The van der Waals surface area contributed by atoms with E-state index in [9.17, 15) is 4.79 Å². The molecule has 0 bridgehead atoms. The van der Waals surface area contributed by atoms with Crippen molar-refractivity contribution >= 4 is 5.91 Å². The third-order valence-corrected chi connectivity index (χ3v) is 4.84. The molecule has 0 aromatic carbocycles. The first-order valence-electron chi connectivity index (χ1n) is 7.85. The molecule has 0 aromatic rings. The van der Waals surface area contributed by atoms with E-state index in [0.717, 1.165) is 51.9 Å². The Morgan fingerprint density at radius 1 is 1.30 bits per heavy atom. The van der Waals surface area contributed by atoms with Crippen molar-refractivity contribution in [3.63, 3.8) is 0 Å². The van der Waals surface area contributed by atoms with Crippen molar-refractivity contribution < 1.29 is 9.53 Å². The van der Waals surface area contributed by atoms with Crippen molar-refractivity contribution in [3.8, 4) is 0 Å². The predicted octanol–water partition coefficient (Wildman–Crippen LogP) is 0.827. The molecule has 2 rings (SSSR count). The molecule has 2 heterocycles. The van der Waals surface area contributed by atoms with Crippen LogP contribution in [-0.2, 0) is 9.53 Å². The highest BCUT2D eigenvalue weighted by Gasteiger charge is 2.34. The molecule has 0 saturated carbocycles. The van der Waals surface area contributed by atoms with E-state index in [2.05, 4.69) is 11.8 Å². The normalized spacial score (nSPS) is 29.6. The molecule has 2 atom stereocenters. The fraction of sp³-hybridized carbons (Fsp3) is 0.933. The molecule has 2 unspecified atom stereocenters. The van der Waals surface area contributed by atoms with Gasteiger partial charge in [-0.25, -0.2) is 0 Å². The molecule has 2 saturated heterocycles. The van der Waals surface area contributed by atoms with Crippen LogP contribution in [-0.4, -0.2) is 67.2 Å². The van der Waals surface area contributed by atoms with Gasteiger partial charge in [0.2, 0.25) is 5.91 Å². The number of nitrogens with two attached hydrogens (primary N) is 1. The zero-order chi connectivity index (χ0) is 14.6. The van der Waals surface area contributed by atoms with Crippen molar-refractivity contribution in [1.82, 2.24) is 9.80 Å². The fourth-order valence-electron chi connectivity index (χ4n) is 3.38. The molecule has 2 aliphatic heterocycles.